The summed E-state index contributed by atoms with van der Waals surface area (Å²) in [6.45, 7) is 8.33. The highest BCUT2D eigenvalue weighted by Crippen LogP contribution is 2.54. The van der Waals surface area contributed by atoms with Crippen LogP contribution >= 0.6 is 0 Å². The van der Waals surface area contributed by atoms with Crippen molar-refractivity contribution in [2.24, 2.45) is 11.8 Å². The quantitative estimate of drug-likeness (QED) is 0.924. The number of rotatable bonds is 3. The monoisotopic (exact) mass is 320 g/mol. The minimum absolute atomic E-state index is 0.0100. The summed E-state index contributed by atoms with van der Waals surface area (Å²) in [5, 5.41) is 9.44. The molecule has 1 fully saturated rings. The lowest BCUT2D eigenvalue weighted by atomic mass is 9.72. The van der Waals surface area contributed by atoms with Gasteiger partial charge in [-0.1, -0.05) is 12.1 Å². The van der Waals surface area contributed by atoms with Gasteiger partial charge in [0.2, 0.25) is 0 Å². The van der Waals surface area contributed by atoms with Crippen molar-refractivity contribution < 1.29 is 24.1 Å². The number of para-hydroxylation sites is 1. The molecule has 0 bridgehead atoms. The van der Waals surface area contributed by atoms with Crippen LogP contribution in [-0.4, -0.2) is 29.4 Å². The summed E-state index contributed by atoms with van der Waals surface area (Å²) in [5.74, 6) is 0.121. The summed E-state index contributed by atoms with van der Waals surface area (Å²) in [6, 6.07) is 5.81. The highest BCUT2D eigenvalue weighted by Gasteiger charge is 2.51. The van der Waals surface area contributed by atoms with Crippen molar-refractivity contribution in [3.8, 4) is 11.5 Å². The molecule has 0 aliphatic carbocycles. The number of hydrogen-bond donors (Lipinski definition) is 1. The topological polar surface area (TPSA) is 65.0 Å². The minimum Gasteiger partial charge on any atom is -0.490 e. The van der Waals surface area contributed by atoms with Gasteiger partial charge >= 0.3 is 5.97 Å². The van der Waals surface area contributed by atoms with Gasteiger partial charge in [0, 0.05) is 11.5 Å². The van der Waals surface area contributed by atoms with Gasteiger partial charge in [0.05, 0.1) is 24.7 Å². The number of fused-ring (bicyclic) bond motifs is 3. The molecule has 0 spiro atoms. The van der Waals surface area contributed by atoms with Gasteiger partial charge < -0.3 is 19.3 Å². The average molecular weight is 320 g/mol. The predicted octanol–water partition coefficient (Wildman–Crippen LogP) is 3.42. The second-order valence-electron chi connectivity index (χ2n) is 6.86. The van der Waals surface area contributed by atoms with Gasteiger partial charge in [-0.25, -0.2) is 0 Å². The summed E-state index contributed by atoms with van der Waals surface area (Å²) in [5.41, 5.74) is 0.439. The van der Waals surface area contributed by atoms with Crippen LogP contribution in [0.2, 0.25) is 0 Å². The third-order valence-electron chi connectivity index (χ3n) is 4.99. The van der Waals surface area contributed by atoms with Crippen LogP contribution in [0.3, 0.4) is 0 Å². The van der Waals surface area contributed by atoms with Gasteiger partial charge in [0.1, 0.15) is 5.60 Å². The lowest BCUT2D eigenvalue weighted by Crippen LogP contribution is -2.51. The Morgan fingerprint density at radius 1 is 1.43 bits per heavy atom. The standard InChI is InChI=1S/C18H24O5/c1-5-21-14-8-6-7-11-15-13(18(3,4)23-16(11)14)9-12(17(19)20)10(2)22-15/h6-8,10,12-13,15H,5,9H2,1-4H3,(H,19,20)/t10-,12+,13-,15+/m0/s1. The summed E-state index contributed by atoms with van der Waals surface area (Å²) in [4.78, 5) is 11.5. The lowest BCUT2D eigenvalue weighted by molar-refractivity contribution is -0.183. The molecular weight excluding hydrogens is 296 g/mol. The van der Waals surface area contributed by atoms with E-state index in [4.69, 9.17) is 14.2 Å². The van der Waals surface area contributed by atoms with E-state index in [-0.39, 0.29) is 18.1 Å². The van der Waals surface area contributed by atoms with E-state index in [0.29, 0.717) is 18.8 Å². The first-order chi connectivity index (χ1) is 10.8. The Bertz CT molecular complexity index is 609. The van der Waals surface area contributed by atoms with E-state index in [9.17, 15) is 9.90 Å². The number of carboxylic acid groups (broad SMARTS) is 1. The maximum Gasteiger partial charge on any atom is 0.309 e. The Labute approximate surface area is 136 Å². The molecule has 0 aromatic heterocycles. The smallest absolute Gasteiger partial charge is 0.309 e. The first-order valence-corrected chi connectivity index (χ1v) is 8.18. The Hall–Kier alpha value is -1.75. The zero-order chi connectivity index (χ0) is 16.8. The van der Waals surface area contributed by atoms with Gasteiger partial charge in [0.25, 0.3) is 0 Å². The van der Waals surface area contributed by atoms with E-state index in [0.717, 1.165) is 11.3 Å². The molecule has 0 saturated carbocycles. The molecule has 0 radical (unpaired) electrons. The molecule has 0 unspecified atom stereocenters. The van der Waals surface area contributed by atoms with Crippen LogP contribution in [0.25, 0.3) is 0 Å². The van der Waals surface area contributed by atoms with E-state index in [1.54, 1.807) is 0 Å². The van der Waals surface area contributed by atoms with Crippen LogP contribution in [0, 0.1) is 11.8 Å². The zero-order valence-corrected chi connectivity index (χ0v) is 14.0. The Kier molecular flexibility index (Phi) is 4.00. The molecular formula is C18H24O5. The van der Waals surface area contributed by atoms with Gasteiger partial charge in [0.15, 0.2) is 11.5 Å². The molecule has 5 nitrogen and oxygen atoms in total. The zero-order valence-electron chi connectivity index (χ0n) is 14.0. The van der Waals surface area contributed by atoms with Crippen LogP contribution < -0.4 is 9.47 Å². The van der Waals surface area contributed by atoms with Crippen molar-refractivity contribution in [2.45, 2.75) is 51.9 Å². The van der Waals surface area contributed by atoms with Crippen molar-refractivity contribution in [1.29, 1.82) is 0 Å². The first-order valence-electron chi connectivity index (χ1n) is 8.18. The Morgan fingerprint density at radius 3 is 2.83 bits per heavy atom. The van der Waals surface area contributed by atoms with Crippen molar-refractivity contribution in [3.63, 3.8) is 0 Å². The highest BCUT2D eigenvalue weighted by atomic mass is 16.5. The van der Waals surface area contributed by atoms with E-state index in [1.165, 1.54) is 0 Å². The van der Waals surface area contributed by atoms with Crippen molar-refractivity contribution >= 4 is 5.97 Å². The molecule has 2 heterocycles. The van der Waals surface area contributed by atoms with Crippen molar-refractivity contribution in [1.82, 2.24) is 0 Å². The number of hydrogen-bond acceptors (Lipinski definition) is 4. The molecule has 2 aliphatic heterocycles. The maximum atomic E-state index is 11.5. The number of carboxylic acids is 1. The summed E-state index contributed by atoms with van der Waals surface area (Å²) in [6.07, 6.45) is 0.0536. The molecule has 1 aromatic carbocycles. The second-order valence-corrected chi connectivity index (χ2v) is 6.86. The molecule has 5 heteroatoms. The number of benzene rings is 1. The van der Waals surface area contributed by atoms with Crippen molar-refractivity contribution in [3.05, 3.63) is 23.8 Å². The summed E-state index contributed by atoms with van der Waals surface area (Å²) >= 11 is 0. The van der Waals surface area contributed by atoms with E-state index >= 15 is 0 Å². The number of ether oxygens (including phenoxy) is 3. The molecule has 1 aromatic rings. The number of aliphatic carboxylic acids is 1. The third kappa shape index (κ3) is 2.67. The Balaban J connectivity index is 2.03. The molecule has 1 N–H and O–H groups in total. The van der Waals surface area contributed by atoms with Crippen LogP contribution in [0.1, 0.15) is 45.8 Å². The molecule has 23 heavy (non-hydrogen) atoms. The van der Waals surface area contributed by atoms with Crippen LogP contribution in [0.4, 0.5) is 0 Å². The van der Waals surface area contributed by atoms with Gasteiger partial charge in [-0.15, -0.1) is 0 Å². The van der Waals surface area contributed by atoms with E-state index < -0.39 is 17.5 Å². The minimum atomic E-state index is -0.805. The maximum absolute atomic E-state index is 11.5. The number of carbonyl (C=O) groups is 1. The van der Waals surface area contributed by atoms with Crippen LogP contribution in [0.5, 0.6) is 11.5 Å². The molecule has 4 atom stereocenters. The summed E-state index contributed by atoms with van der Waals surface area (Å²) in [7, 11) is 0. The van der Waals surface area contributed by atoms with Gasteiger partial charge in [-0.2, -0.15) is 0 Å². The third-order valence-corrected chi connectivity index (χ3v) is 4.99. The molecule has 1 saturated heterocycles. The lowest BCUT2D eigenvalue weighted by Gasteiger charge is -2.50. The van der Waals surface area contributed by atoms with Crippen LogP contribution in [0.15, 0.2) is 18.2 Å². The Morgan fingerprint density at radius 2 is 2.17 bits per heavy atom. The fourth-order valence-electron chi connectivity index (χ4n) is 3.72. The highest BCUT2D eigenvalue weighted by molar-refractivity contribution is 5.71. The molecule has 0 amide bonds. The fourth-order valence-corrected chi connectivity index (χ4v) is 3.72. The van der Waals surface area contributed by atoms with Crippen molar-refractivity contribution in [2.75, 3.05) is 6.61 Å². The summed E-state index contributed by atoms with van der Waals surface area (Å²) < 4.78 is 18.1. The molecule has 126 valence electrons. The SMILES string of the molecule is CCOc1cccc2c1OC(C)(C)[C@H]1C[C@@H](C(=O)O)[C@H](C)O[C@H]21. The van der Waals surface area contributed by atoms with E-state index in [1.807, 2.05) is 45.9 Å². The molecule has 3 rings (SSSR count). The van der Waals surface area contributed by atoms with Gasteiger partial charge in [-0.05, 0) is 40.2 Å². The second kappa shape index (κ2) is 5.71. The van der Waals surface area contributed by atoms with Crippen LogP contribution in [-0.2, 0) is 9.53 Å². The average Bonchev–Trinajstić information content (AvgIpc) is 2.47. The molecule has 2 aliphatic rings. The normalized spacial score (nSPS) is 31.5. The first kappa shape index (κ1) is 16.1. The van der Waals surface area contributed by atoms with Gasteiger partial charge in [-0.3, -0.25) is 4.79 Å². The largest absolute Gasteiger partial charge is 0.490 e. The predicted molar refractivity (Wildman–Crippen MR) is 84.8 cm³/mol. The van der Waals surface area contributed by atoms with E-state index in [2.05, 4.69) is 0 Å². The fraction of sp³-hybridized carbons (Fsp3) is 0.611.